The molecule has 0 aromatic heterocycles. The summed E-state index contributed by atoms with van der Waals surface area (Å²) in [5, 5.41) is 0. The van der Waals surface area contributed by atoms with Crippen LogP contribution in [0.1, 0.15) is 18.9 Å². The van der Waals surface area contributed by atoms with Gasteiger partial charge in [0.15, 0.2) is 0 Å². The van der Waals surface area contributed by atoms with Crippen LogP contribution in [-0.2, 0) is 11.3 Å². The van der Waals surface area contributed by atoms with Crippen LogP contribution >= 0.6 is 11.6 Å². The van der Waals surface area contributed by atoms with Crippen LogP contribution in [0.15, 0.2) is 30.3 Å². The molecule has 2 rings (SSSR count). The summed E-state index contributed by atoms with van der Waals surface area (Å²) < 4.78 is 0. The monoisotopic (exact) mass is 280 g/mol. The molecule has 0 radical (unpaired) electrons. The van der Waals surface area contributed by atoms with E-state index in [1.807, 2.05) is 17.9 Å². The summed E-state index contributed by atoms with van der Waals surface area (Å²) in [5.41, 5.74) is 1.33. The number of likely N-dealkylation sites (tertiary alicyclic amines) is 1. The third-order valence-electron chi connectivity index (χ3n) is 3.71. The maximum Gasteiger partial charge on any atom is 0.237 e. The normalized spacial score (nSPS) is 19.6. The molecule has 1 saturated heterocycles. The lowest BCUT2D eigenvalue weighted by molar-refractivity contribution is -0.130. The molecule has 1 atom stereocenters. The third kappa shape index (κ3) is 3.71. The Morgan fingerprint density at radius 1 is 1.42 bits per heavy atom. The standard InChI is InChI=1S/C15H21ClN2O/c1-2-18(15(19)10-16)14-8-9-17(12-14)11-13-6-4-3-5-7-13/h3-7,14H,2,8-12H2,1H3/t14-/m0/s1. The zero-order valence-electron chi connectivity index (χ0n) is 11.4. The molecule has 0 N–H and O–H groups in total. The zero-order chi connectivity index (χ0) is 13.7. The number of carbonyl (C=O) groups excluding carboxylic acids is 1. The molecule has 4 heteroatoms. The highest BCUT2D eigenvalue weighted by atomic mass is 35.5. The molecule has 19 heavy (non-hydrogen) atoms. The summed E-state index contributed by atoms with van der Waals surface area (Å²) in [6.45, 7) is 5.72. The van der Waals surface area contributed by atoms with Gasteiger partial charge in [-0.2, -0.15) is 0 Å². The summed E-state index contributed by atoms with van der Waals surface area (Å²) in [7, 11) is 0. The highest BCUT2D eigenvalue weighted by Gasteiger charge is 2.29. The number of benzene rings is 1. The molecule has 0 saturated carbocycles. The molecule has 1 aliphatic heterocycles. The first-order valence-corrected chi connectivity index (χ1v) is 7.39. The van der Waals surface area contributed by atoms with Gasteiger partial charge in [0, 0.05) is 32.2 Å². The van der Waals surface area contributed by atoms with Crippen molar-refractivity contribution in [1.82, 2.24) is 9.80 Å². The van der Waals surface area contributed by atoms with Crippen LogP contribution in [-0.4, -0.2) is 47.3 Å². The van der Waals surface area contributed by atoms with E-state index in [0.29, 0.717) is 6.04 Å². The molecule has 0 spiro atoms. The fraction of sp³-hybridized carbons (Fsp3) is 0.533. The predicted octanol–water partition coefficient (Wildman–Crippen LogP) is 2.35. The average Bonchev–Trinajstić information content (AvgIpc) is 2.89. The zero-order valence-corrected chi connectivity index (χ0v) is 12.1. The van der Waals surface area contributed by atoms with Gasteiger partial charge in [-0.05, 0) is 18.9 Å². The maximum atomic E-state index is 11.8. The van der Waals surface area contributed by atoms with Gasteiger partial charge in [0.05, 0.1) is 0 Å². The Morgan fingerprint density at radius 3 is 2.79 bits per heavy atom. The summed E-state index contributed by atoms with van der Waals surface area (Å²) in [5.74, 6) is 0.138. The van der Waals surface area contributed by atoms with Gasteiger partial charge in [-0.1, -0.05) is 30.3 Å². The number of carbonyl (C=O) groups is 1. The van der Waals surface area contributed by atoms with E-state index >= 15 is 0 Å². The Morgan fingerprint density at radius 2 is 2.16 bits per heavy atom. The largest absolute Gasteiger partial charge is 0.338 e. The second kappa shape index (κ2) is 6.92. The average molecular weight is 281 g/mol. The van der Waals surface area contributed by atoms with Gasteiger partial charge in [-0.3, -0.25) is 9.69 Å². The Balaban J connectivity index is 1.90. The van der Waals surface area contributed by atoms with E-state index < -0.39 is 0 Å². The molecule has 0 unspecified atom stereocenters. The number of hydrogen-bond donors (Lipinski definition) is 0. The minimum Gasteiger partial charge on any atom is -0.338 e. The van der Waals surface area contributed by atoms with Crippen LogP contribution in [0.25, 0.3) is 0 Å². The van der Waals surface area contributed by atoms with Gasteiger partial charge in [0.25, 0.3) is 0 Å². The lowest BCUT2D eigenvalue weighted by Gasteiger charge is -2.27. The van der Waals surface area contributed by atoms with Crippen molar-refractivity contribution in [3.8, 4) is 0 Å². The van der Waals surface area contributed by atoms with Gasteiger partial charge in [-0.25, -0.2) is 0 Å². The first kappa shape index (κ1) is 14.4. The summed E-state index contributed by atoms with van der Waals surface area (Å²) >= 11 is 5.67. The van der Waals surface area contributed by atoms with Gasteiger partial charge in [0.1, 0.15) is 5.88 Å². The molecule has 0 aliphatic carbocycles. The van der Waals surface area contributed by atoms with E-state index in [1.54, 1.807) is 0 Å². The molecule has 1 aliphatic rings. The smallest absolute Gasteiger partial charge is 0.237 e. The molecule has 1 amide bonds. The second-order valence-corrected chi connectivity index (χ2v) is 5.24. The van der Waals surface area contributed by atoms with Crippen LogP contribution in [0.2, 0.25) is 0 Å². The molecule has 1 aromatic rings. The quantitative estimate of drug-likeness (QED) is 0.773. The van der Waals surface area contributed by atoms with E-state index in [9.17, 15) is 4.79 Å². The number of nitrogens with zero attached hydrogens (tertiary/aromatic N) is 2. The molecule has 3 nitrogen and oxygen atoms in total. The molecule has 1 heterocycles. The van der Waals surface area contributed by atoms with Crippen molar-refractivity contribution in [3.63, 3.8) is 0 Å². The van der Waals surface area contributed by atoms with E-state index in [2.05, 4.69) is 29.2 Å². The minimum absolute atomic E-state index is 0.0516. The fourth-order valence-electron chi connectivity index (χ4n) is 2.77. The van der Waals surface area contributed by atoms with Gasteiger partial charge in [-0.15, -0.1) is 11.6 Å². The van der Waals surface area contributed by atoms with Crippen LogP contribution in [0.4, 0.5) is 0 Å². The third-order valence-corrected chi connectivity index (χ3v) is 3.94. The number of halogens is 1. The predicted molar refractivity (Wildman–Crippen MR) is 78.2 cm³/mol. The minimum atomic E-state index is 0.0516. The number of alkyl halides is 1. The van der Waals surface area contributed by atoms with Crippen LogP contribution in [0.3, 0.4) is 0 Å². The van der Waals surface area contributed by atoms with Crippen molar-refractivity contribution in [2.24, 2.45) is 0 Å². The molecular weight excluding hydrogens is 260 g/mol. The number of amides is 1. The summed E-state index contributed by atoms with van der Waals surface area (Å²) in [4.78, 5) is 16.1. The first-order chi connectivity index (χ1) is 9.24. The number of likely N-dealkylation sites (N-methyl/N-ethyl adjacent to an activating group) is 1. The van der Waals surface area contributed by atoms with Crippen LogP contribution in [0, 0.1) is 0 Å². The Bertz CT molecular complexity index is 410. The molecule has 1 aromatic carbocycles. The molecular formula is C15H21ClN2O. The fourth-order valence-corrected chi connectivity index (χ4v) is 2.92. The lowest BCUT2D eigenvalue weighted by Crippen LogP contribution is -2.42. The maximum absolute atomic E-state index is 11.8. The number of hydrogen-bond acceptors (Lipinski definition) is 2. The van der Waals surface area contributed by atoms with E-state index in [1.165, 1.54) is 5.56 Å². The van der Waals surface area contributed by atoms with Crippen molar-refractivity contribution in [1.29, 1.82) is 0 Å². The molecule has 0 bridgehead atoms. The molecule has 1 fully saturated rings. The molecule has 104 valence electrons. The Hall–Kier alpha value is -1.06. The van der Waals surface area contributed by atoms with Crippen molar-refractivity contribution in [2.45, 2.75) is 25.9 Å². The van der Waals surface area contributed by atoms with Crippen molar-refractivity contribution in [3.05, 3.63) is 35.9 Å². The van der Waals surface area contributed by atoms with E-state index in [4.69, 9.17) is 11.6 Å². The number of rotatable bonds is 5. The topological polar surface area (TPSA) is 23.6 Å². The summed E-state index contributed by atoms with van der Waals surface area (Å²) in [6, 6.07) is 10.8. The van der Waals surface area contributed by atoms with E-state index in [0.717, 1.165) is 32.6 Å². The van der Waals surface area contributed by atoms with Crippen LogP contribution in [0.5, 0.6) is 0 Å². The van der Waals surface area contributed by atoms with Crippen molar-refractivity contribution in [2.75, 3.05) is 25.5 Å². The SMILES string of the molecule is CCN(C(=O)CCl)[C@H]1CCN(Cc2ccccc2)C1. The van der Waals surface area contributed by atoms with Crippen molar-refractivity contribution < 1.29 is 4.79 Å². The van der Waals surface area contributed by atoms with Crippen LogP contribution < -0.4 is 0 Å². The second-order valence-electron chi connectivity index (χ2n) is 4.98. The first-order valence-electron chi connectivity index (χ1n) is 6.86. The van der Waals surface area contributed by atoms with Gasteiger partial charge < -0.3 is 4.90 Å². The van der Waals surface area contributed by atoms with E-state index in [-0.39, 0.29) is 11.8 Å². The highest BCUT2D eigenvalue weighted by Crippen LogP contribution is 2.18. The lowest BCUT2D eigenvalue weighted by atomic mass is 10.2. The van der Waals surface area contributed by atoms with Gasteiger partial charge in [0.2, 0.25) is 5.91 Å². The summed E-state index contributed by atoms with van der Waals surface area (Å²) in [6.07, 6.45) is 1.04. The Kier molecular flexibility index (Phi) is 5.23. The highest BCUT2D eigenvalue weighted by molar-refractivity contribution is 6.27. The van der Waals surface area contributed by atoms with Crippen molar-refractivity contribution >= 4 is 17.5 Å². The van der Waals surface area contributed by atoms with Gasteiger partial charge >= 0.3 is 0 Å². The Labute approximate surface area is 120 Å².